The van der Waals surface area contributed by atoms with E-state index in [0.29, 0.717) is 13.0 Å². The van der Waals surface area contributed by atoms with Crippen LogP contribution >= 0.6 is 0 Å². The Morgan fingerprint density at radius 3 is 2.77 bits per heavy atom. The number of fused-ring (bicyclic) bond motifs is 2. The molecule has 4 nitrogen and oxygen atoms in total. The smallest absolute Gasteiger partial charge is 0.319 e. The molecule has 3 aromatic rings. The number of rotatable bonds is 3. The molecule has 3 aromatic carbocycles. The minimum atomic E-state index is -0.329. The standard InChI is InChI=1S/C22H22N2O2/c25-18-12-11-16-7-4-10-21(20(16)13-18)24-22(26)23-14-17-8-3-6-15-5-1-2-9-19(15)17/h1-10,18,25H,11-14H2,(H2,23,24,26). The van der Waals surface area contributed by atoms with Gasteiger partial charge in [-0.2, -0.15) is 0 Å². The highest BCUT2D eigenvalue weighted by molar-refractivity contribution is 5.91. The lowest BCUT2D eigenvalue weighted by atomic mass is 9.88. The second-order valence-electron chi connectivity index (χ2n) is 6.79. The van der Waals surface area contributed by atoms with Gasteiger partial charge in [0.05, 0.1) is 6.10 Å². The van der Waals surface area contributed by atoms with E-state index in [4.69, 9.17) is 0 Å². The van der Waals surface area contributed by atoms with Gasteiger partial charge in [0.2, 0.25) is 0 Å². The van der Waals surface area contributed by atoms with Crippen LogP contribution in [0.5, 0.6) is 0 Å². The first-order valence-electron chi connectivity index (χ1n) is 9.01. The van der Waals surface area contributed by atoms with Gasteiger partial charge in [0, 0.05) is 18.7 Å². The maximum absolute atomic E-state index is 12.4. The van der Waals surface area contributed by atoms with Crippen molar-refractivity contribution in [3.63, 3.8) is 0 Å². The number of anilines is 1. The van der Waals surface area contributed by atoms with Crippen molar-refractivity contribution in [2.75, 3.05) is 5.32 Å². The molecule has 1 atom stereocenters. The lowest BCUT2D eigenvalue weighted by Gasteiger charge is -2.23. The third kappa shape index (κ3) is 3.41. The molecule has 0 saturated heterocycles. The number of aliphatic hydroxyl groups excluding tert-OH is 1. The van der Waals surface area contributed by atoms with Gasteiger partial charge in [-0.05, 0) is 46.4 Å². The molecule has 0 spiro atoms. The van der Waals surface area contributed by atoms with Gasteiger partial charge in [0.15, 0.2) is 0 Å². The van der Waals surface area contributed by atoms with Crippen LogP contribution in [0.3, 0.4) is 0 Å². The Bertz CT molecular complexity index is 947. The Balaban J connectivity index is 1.47. The summed E-state index contributed by atoms with van der Waals surface area (Å²) in [7, 11) is 0. The quantitative estimate of drug-likeness (QED) is 0.671. The second-order valence-corrected chi connectivity index (χ2v) is 6.79. The summed E-state index contributed by atoms with van der Waals surface area (Å²) in [5.74, 6) is 0. The Hall–Kier alpha value is -2.85. The summed E-state index contributed by atoms with van der Waals surface area (Å²) in [4.78, 5) is 12.4. The number of carbonyl (C=O) groups is 1. The monoisotopic (exact) mass is 346 g/mol. The SMILES string of the molecule is O=C(NCc1cccc2ccccc12)Nc1cccc2c1CC(O)CC2. The van der Waals surface area contributed by atoms with E-state index >= 15 is 0 Å². The molecule has 0 aromatic heterocycles. The number of aryl methyl sites for hydroxylation is 1. The minimum Gasteiger partial charge on any atom is -0.393 e. The Labute approximate surface area is 152 Å². The molecule has 0 aliphatic heterocycles. The van der Waals surface area contributed by atoms with Crippen molar-refractivity contribution < 1.29 is 9.90 Å². The van der Waals surface area contributed by atoms with Crippen molar-refractivity contribution in [2.45, 2.75) is 31.9 Å². The van der Waals surface area contributed by atoms with Gasteiger partial charge >= 0.3 is 6.03 Å². The van der Waals surface area contributed by atoms with E-state index in [9.17, 15) is 9.90 Å². The van der Waals surface area contributed by atoms with E-state index in [1.165, 1.54) is 10.9 Å². The van der Waals surface area contributed by atoms with Gasteiger partial charge in [-0.25, -0.2) is 4.79 Å². The molecule has 1 aliphatic rings. The lowest BCUT2D eigenvalue weighted by Crippen LogP contribution is -2.29. The van der Waals surface area contributed by atoms with Crippen molar-refractivity contribution >= 4 is 22.5 Å². The summed E-state index contributed by atoms with van der Waals surface area (Å²) in [5, 5.41) is 18.1. The summed E-state index contributed by atoms with van der Waals surface area (Å²) in [5.41, 5.74) is 4.13. The van der Waals surface area contributed by atoms with Gasteiger partial charge in [-0.1, -0.05) is 54.6 Å². The van der Waals surface area contributed by atoms with E-state index in [2.05, 4.69) is 34.9 Å². The average Bonchev–Trinajstić information content (AvgIpc) is 2.67. The molecular weight excluding hydrogens is 324 g/mol. The summed E-state index contributed by atoms with van der Waals surface area (Å²) < 4.78 is 0. The lowest BCUT2D eigenvalue weighted by molar-refractivity contribution is 0.159. The zero-order chi connectivity index (χ0) is 17.9. The first-order chi connectivity index (χ1) is 12.7. The minimum absolute atomic E-state index is 0.230. The topological polar surface area (TPSA) is 61.4 Å². The fraction of sp³-hybridized carbons (Fsp3) is 0.227. The fourth-order valence-electron chi connectivity index (χ4n) is 3.68. The van der Waals surface area contributed by atoms with Crippen LogP contribution in [-0.4, -0.2) is 17.2 Å². The molecule has 1 aliphatic carbocycles. The number of carbonyl (C=O) groups excluding carboxylic acids is 1. The van der Waals surface area contributed by atoms with Crippen molar-refractivity contribution in [3.05, 3.63) is 77.4 Å². The van der Waals surface area contributed by atoms with Crippen molar-refractivity contribution in [3.8, 4) is 0 Å². The number of nitrogens with one attached hydrogen (secondary N) is 2. The number of amides is 2. The van der Waals surface area contributed by atoms with Crippen LogP contribution < -0.4 is 10.6 Å². The number of aliphatic hydroxyl groups is 1. The first kappa shape index (κ1) is 16.6. The molecule has 0 saturated carbocycles. The van der Waals surface area contributed by atoms with Crippen molar-refractivity contribution in [1.29, 1.82) is 0 Å². The molecule has 1 unspecified atom stereocenters. The van der Waals surface area contributed by atoms with Gasteiger partial charge in [0.1, 0.15) is 0 Å². The maximum Gasteiger partial charge on any atom is 0.319 e. The van der Waals surface area contributed by atoms with Gasteiger partial charge in [-0.3, -0.25) is 0 Å². The van der Waals surface area contributed by atoms with Crippen LogP contribution in [0.15, 0.2) is 60.7 Å². The number of hydrogen-bond donors (Lipinski definition) is 3. The van der Waals surface area contributed by atoms with E-state index in [1.54, 1.807) is 0 Å². The predicted octanol–water partition coefficient (Wildman–Crippen LogP) is 4.01. The normalized spacial score (nSPS) is 16.1. The van der Waals surface area contributed by atoms with Crippen LogP contribution in [-0.2, 0) is 19.4 Å². The van der Waals surface area contributed by atoms with Gasteiger partial charge in [-0.15, -0.1) is 0 Å². The Morgan fingerprint density at radius 2 is 1.85 bits per heavy atom. The number of urea groups is 1. The number of hydrogen-bond acceptors (Lipinski definition) is 2. The van der Waals surface area contributed by atoms with Gasteiger partial charge < -0.3 is 15.7 Å². The summed E-state index contributed by atoms with van der Waals surface area (Å²) in [6.07, 6.45) is 1.90. The molecule has 26 heavy (non-hydrogen) atoms. The Kier molecular flexibility index (Phi) is 4.59. The summed E-state index contributed by atoms with van der Waals surface area (Å²) in [6, 6.07) is 20.0. The molecule has 0 bridgehead atoms. The molecule has 0 fully saturated rings. The van der Waals surface area contributed by atoms with Crippen LogP contribution in [0.2, 0.25) is 0 Å². The van der Waals surface area contributed by atoms with Crippen LogP contribution in [0.4, 0.5) is 10.5 Å². The zero-order valence-electron chi connectivity index (χ0n) is 14.5. The summed E-state index contributed by atoms with van der Waals surface area (Å²) >= 11 is 0. The molecule has 4 heteroatoms. The highest BCUT2D eigenvalue weighted by Gasteiger charge is 2.19. The summed E-state index contributed by atoms with van der Waals surface area (Å²) in [6.45, 7) is 0.463. The van der Waals surface area contributed by atoms with Crippen LogP contribution in [0.25, 0.3) is 10.8 Å². The molecule has 2 amide bonds. The molecule has 0 heterocycles. The third-order valence-corrected chi connectivity index (χ3v) is 5.03. The van der Waals surface area contributed by atoms with Crippen molar-refractivity contribution in [2.24, 2.45) is 0 Å². The van der Waals surface area contributed by atoms with E-state index in [-0.39, 0.29) is 12.1 Å². The van der Waals surface area contributed by atoms with Gasteiger partial charge in [0.25, 0.3) is 0 Å². The zero-order valence-corrected chi connectivity index (χ0v) is 14.5. The second kappa shape index (κ2) is 7.18. The fourth-order valence-corrected chi connectivity index (χ4v) is 3.68. The first-order valence-corrected chi connectivity index (χ1v) is 9.01. The number of benzene rings is 3. The van der Waals surface area contributed by atoms with E-state index in [1.807, 2.05) is 36.4 Å². The molecule has 0 radical (unpaired) electrons. The molecule has 3 N–H and O–H groups in total. The molecule has 132 valence electrons. The molecular formula is C22H22N2O2. The predicted molar refractivity (Wildman–Crippen MR) is 104 cm³/mol. The molecule has 4 rings (SSSR count). The highest BCUT2D eigenvalue weighted by atomic mass is 16.3. The maximum atomic E-state index is 12.4. The largest absolute Gasteiger partial charge is 0.393 e. The van der Waals surface area contributed by atoms with Crippen LogP contribution in [0, 0.1) is 0 Å². The highest BCUT2D eigenvalue weighted by Crippen LogP contribution is 2.28. The van der Waals surface area contributed by atoms with E-state index < -0.39 is 0 Å². The van der Waals surface area contributed by atoms with Crippen molar-refractivity contribution in [1.82, 2.24) is 5.32 Å². The Morgan fingerprint density at radius 1 is 1.04 bits per heavy atom. The average molecular weight is 346 g/mol. The third-order valence-electron chi connectivity index (χ3n) is 5.03. The van der Waals surface area contributed by atoms with E-state index in [0.717, 1.165) is 35.0 Å². The van der Waals surface area contributed by atoms with Crippen LogP contribution in [0.1, 0.15) is 23.1 Å².